The predicted octanol–water partition coefficient (Wildman–Crippen LogP) is 6.26. The molecule has 2 saturated heterocycles. The molecular weight excluding hydrogens is 500 g/mol. The average molecular weight is 549 g/mol. The van der Waals surface area contributed by atoms with Crippen LogP contribution in [0.25, 0.3) is 0 Å². The maximum atomic E-state index is 14.1. The van der Waals surface area contributed by atoms with Gasteiger partial charge in [-0.15, -0.1) is 0 Å². The van der Waals surface area contributed by atoms with Crippen LogP contribution in [-0.2, 0) is 4.74 Å². The highest BCUT2D eigenvalue weighted by Gasteiger charge is 2.39. The van der Waals surface area contributed by atoms with Crippen molar-refractivity contribution in [2.24, 2.45) is 5.92 Å². The Morgan fingerprint density at radius 2 is 1.45 bits per heavy atom. The number of benzene rings is 2. The largest absolute Gasteiger partial charge is 0.444 e. The van der Waals surface area contributed by atoms with Crippen LogP contribution in [0.3, 0.4) is 0 Å². The van der Waals surface area contributed by atoms with Gasteiger partial charge in [-0.05, 0) is 57.6 Å². The van der Waals surface area contributed by atoms with Gasteiger partial charge in [0.2, 0.25) is 0 Å². The molecular formula is C33H48N4O3. The third-order valence-electron chi connectivity index (χ3n) is 8.20. The smallest absolute Gasteiger partial charge is 0.410 e. The van der Waals surface area contributed by atoms with Gasteiger partial charge in [0.15, 0.2) is 0 Å². The fraction of sp³-hybridized carbons (Fsp3) is 0.576. The van der Waals surface area contributed by atoms with E-state index in [0.717, 1.165) is 25.9 Å². The molecule has 0 N–H and O–H groups in total. The second-order valence-electron chi connectivity index (χ2n) is 12.5. The molecule has 2 fully saturated rings. The minimum atomic E-state index is -0.507. The Hall–Kier alpha value is -3.06. The molecule has 0 aromatic heterocycles. The first-order chi connectivity index (χ1) is 19.1. The molecule has 2 aliphatic heterocycles. The fourth-order valence-corrected chi connectivity index (χ4v) is 6.16. The van der Waals surface area contributed by atoms with Gasteiger partial charge in [-0.3, -0.25) is 4.90 Å². The number of rotatable bonds is 6. The van der Waals surface area contributed by atoms with E-state index >= 15 is 0 Å². The summed E-state index contributed by atoms with van der Waals surface area (Å²) in [7, 11) is 0. The van der Waals surface area contributed by atoms with Gasteiger partial charge in [-0.25, -0.2) is 9.59 Å². The van der Waals surface area contributed by atoms with Gasteiger partial charge < -0.3 is 19.4 Å². The number of nitrogens with zero attached hydrogens (tertiary/aromatic N) is 4. The highest BCUT2D eigenvalue weighted by molar-refractivity contribution is 5.75. The van der Waals surface area contributed by atoms with Crippen LogP contribution in [-0.4, -0.2) is 88.7 Å². The molecule has 40 heavy (non-hydrogen) atoms. The zero-order valence-electron chi connectivity index (χ0n) is 25.3. The van der Waals surface area contributed by atoms with Gasteiger partial charge >= 0.3 is 12.1 Å². The van der Waals surface area contributed by atoms with E-state index in [2.05, 4.69) is 91.2 Å². The normalized spacial score (nSPS) is 19.2. The molecule has 7 heteroatoms. The molecule has 0 aliphatic carbocycles. The van der Waals surface area contributed by atoms with E-state index in [-0.39, 0.29) is 30.2 Å². The van der Waals surface area contributed by atoms with Crippen molar-refractivity contribution in [3.05, 3.63) is 71.8 Å². The first-order valence-electron chi connectivity index (χ1n) is 15.0. The molecule has 4 rings (SSSR count). The standard InChI is InChI=1S/C33H48N4O3/c1-7-36(28-18-20-34(21-19-28)32(39)40-33(4,5)6)31(38)37-23-22-35(24-29(37)25(2)3)30(26-14-10-8-11-15-26)27-16-12-9-13-17-27/h8-17,25,28-30H,7,18-24H2,1-6H3. The van der Waals surface area contributed by atoms with Crippen LogP contribution in [0.1, 0.15) is 71.6 Å². The maximum absolute atomic E-state index is 14.1. The lowest BCUT2D eigenvalue weighted by Gasteiger charge is -2.48. The van der Waals surface area contributed by atoms with Gasteiger partial charge in [-0.1, -0.05) is 74.5 Å². The van der Waals surface area contributed by atoms with Gasteiger partial charge in [0, 0.05) is 51.4 Å². The van der Waals surface area contributed by atoms with E-state index in [1.807, 2.05) is 25.7 Å². The lowest BCUT2D eigenvalue weighted by Crippen LogP contribution is -2.62. The van der Waals surface area contributed by atoms with Crippen LogP contribution in [0.15, 0.2) is 60.7 Å². The summed E-state index contributed by atoms with van der Waals surface area (Å²) in [6.07, 6.45) is 1.28. The number of piperidine rings is 1. The van der Waals surface area contributed by atoms with Crippen LogP contribution in [0.4, 0.5) is 9.59 Å². The van der Waals surface area contributed by atoms with Crippen molar-refractivity contribution in [3.63, 3.8) is 0 Å². The first kappa shape index (κ1) is 29.9. The molecule has 3 amide bonds. The minimum Gasteiger partial charge on any atom is -0.444 e. The van der Waals surface area contributed by atoms with E-state index < -0.39 is 5.60 Å². The van der Waals surface area contributed by atoms with E-state index in [9.17, 15) is 9.59 Å². The summed E-state index contributed by atoms with van der Waals surface area (Å²) in [5, 5.41) is 0. The Kier molecular flexibility index (Phi) is 9.77. The molecule has 2 aromatic rings. The Morgan fingerprint density at radius 3 is 1.93 bits per heavy atom. The van der Waals surface area contributed by atoms with Gasteiger partial charge in [-0.2, -0.15) is 0 Å². The number of carbonyl (C=O) groups is 2. The third-order valence-corrected chi connectivity index (χ3v) is 8.20. The lowest BCUT2D eigenvalue weighted by molar-refractivity contribution is 0.0119. The Morgan fingerprint density at radius 1 is 0.900 bits per heavy atom. The molecule has 2 aliphatic rings. The quantitative estimate of drug-likeness (QED) is 0.428. The number of hydrogen-bond donors (Lipinski definition) is 0. The van der Waals surface area contributed by atoms with Crippen molar-refractivity contribution in [1.82, 2.24) is 19.6 Å². The number of carbonyl (C=O) groups excluding carboxylic acids is 2. The third kappa shape index (κ3) is 7.17. The van der Waals surface area contributed by atoms with Crippen LogP contribution in [0, 0.1) is 5.92 Å². The van der Waals surface area contributed by atoms with E-state index in [1.165, 1.54) is 11.1 Å². The monoisotopic (exact) mass is 548 g/mol. The van der Waals surface area contributed by atoms with Crippen LogP contribution in [0.5, 0.6) is 0 Å². The molecule has 1 atom stereocenters. The van der Waals surface area contributed by atoms with Gasteiger partial charge in [0.05, 0.1) is 6.04 Å². The number of hydrogen-bond acceptors (Lipinski definition) is 4. The number of piperazine rings is 1. The molecule has 0 bridgehead atoms. The molecule has 0 spiro atoms. The van der Waals surface area contributed by atoms with Crippen molar-refractivity contribution in [1.29, 1.82) is 0 Å². The molecule has 0 saturated carbocycles. The zero-order valence-corrected chi connectivity index (χ0v) is 25.3. The van der Waals surface area contributed by atoms with E-state index in [4.69, 9.17) is 4.74 Å². The van der Waals surface area contributed by atoms with Crippen LogP contribution < -0.4 is 0 Å². The molecule has 1 unspecified atom stereocenters. The van der Waals surface area contributed by atoms with Crippen molar-refractivity contribution in [2.45, 2.75) is 78.1 Å². The lowest BCUT2D eigenvalue weighted by atomic mass is 9.93. The molecule has 2 heterocycles. The van der Waals surface area contributed by atoms with Crippen LogP contribution in [0.2, 0.25) is 0 Å². The SMILES string of the molecule is CCN(C(=O)N1CCN(C(c2ccccc2)c2ccccc2)CC1C(C)C)C1CCN(C(=O)OC(C)(C)C)CC1. The molecule has 2 aromatic carbocycles. The minimum absolute atomic E-state index is 0.118. The number of likely N-dealkylation sites (tertiary alicyclic amines) is 1. The Bertz CT molecular complexity index is 1050. The molecule has 0 radical (unpaired) electrons. The molecule has 7 nitrogen and oxygen atoms in total. The van der Waals surface area contributed by atoms with Crippen molar-refractivity contribution in [3.8, 4) is 0 Å². The van der Waals surface area contributed by atoms with Crippen molar-refractivity contribution >= 4 is 12.1 Å². The van der Waals surface area contributed by atoms with Gasteiger partial charge in [0.1, 0.15) is 5.60 Å². The summed E-state index contributed by atoms with van der Waals surface area (Å²) >= 11 is 0. The molecule has 218 valence electrons. The second kappa shape index (κ2) is 13.1. The average Bonchev–Trinajstić information content (AvgIpc) is 2.94. The number of ether oxygens (including phenoxy) is 1. The predicted molar refractivity (Wildman–Crippen MR) is 160 cm³/mol. The summed E-state index contributed by atoms with van der Waals surface area (Å²) in [4.78, 5) is 35.2. The number of urea groups is 1. The fourth-order valence-electron chi connectivity index (χ4n) is 6.16. The second-order valence-corrected chi connectivity index (χ2v) is 12.5. The first-order valence-corrected chi connectivity index (χ1v) is 15.0. The zero-order chi connectivity index (χ0) is 28.9. The van der Waals surface area contributed by atoms with E-state index in [0.29, 0.717) is 32.1 Å². The Labute approximate surface area is 241 Å². The highest BCUT2D eigenvalue weighted by atomic mass is 16.6. The van der Waals surface area contributed by atoms with Crippen molar-refractivity contribution in [2.75, 3.05) is 39.3 Å². The van der Waals surface area contributed by atoms with Crippen molar-refractivity contribution < 1.29 is 14.3 Å². The van der Waals surface area contributed by atoms with Gasteiger partial charge in [0.25, 0.3) is 0 Å². The summed E-state index contributed by atoms with van der Waals surface area (Å²) in [5.74, 6) is 0.326. The van der Waals surface area contributed by atoms with Crippen LogP contribution >= 0.6 is 0 Å². The van der Waals surface area contributed by atoms with E-state index in [1.54, 1.807) is 4.90 Å². The summed E-state index contributed by atoms with van der Waals surface area (Å²) in [6, 6.07) is 21.9. The number of amides is 3. The Balaban J connectivity index is 1.46. The highest BCUT2D eigenvalue weighted by Crippen LogP contribution is 2.33. The maximum Gasteiger partial charge on any atom is 0.410 e. The summed E-state index contributed by atoms with van der Waals surface area (Å²) in [6.45, 7) is 16.4. The topological polar surface area (TPSA) is 56.3 Å². The summed E-state index contributed by atoms with van der Waals surface area (Å²) in [5.41, 5.74) is 2.05. The summed E-state index contributed by atoms with van der Waals surface area (Å²) < 4.78 is 5.57.